The van der Waals surface area contributed by atoms with Crippen LogP contribution in [-0.4, -0.2) is 54.5 Å². The van der Waals surface area contributed by atoms with Gasteiger partial charge in [0.25, 0.3) is 0 Å². The number of rotatable bonds is 3. The molecule has 1 heterocycles. The van der Waals surface area contributed by atoms with Crippen LogP contribution in [0, 0.1) is 11.8 Å². The molecule has 0 radical (unpaired) electrons. The van der Waals surface area contributed by atoms with Gasteiger partial charge in [0, 0.05) is 38.1 Å². The molecule has 0 aromatic heterocycles. The zero-order chi connectivity index (χ0) is 13.8. The first kappa shape index (κ1) is 14.8. The highest BCUT2D eigenvalue weighted by Crippen LogP contribution is 2.29. The first-order valence-electron chi connectivity index (χ1n) is 7.86. The lowest BCUT2D eigenvalue weighted by atomic mass is 9.79. The molecule has 0 aromatic carbocycles. The Balaban J connectivity index is 1.83. The fraction of sp³-hybridized carbons (Fsp3) is 0.933. The molecular formula is C15H29N3O. The van der Waals surface area contributed by atoms with Crippen LogP contribution >= 0.6 is 0 Å². The van der Waals surface area contributed by atoms with Crippen molar-refractivity contribution in [2.45, 2.75) is 45.6 Å². The molecule has 3 unspecified atom stereocenters. The minimum absolute atomic E-state index is 0.177. The Morgan fingerprint density at radius 2 is 1.84 bits per heavy atom. The molecule has 19 heavy (non-hydrogen) atoms. The van der Waals surface area contributed by atoms with Crippen molar-refractivity contribution in [1.82, 2.24) is 9.80 Å². The van der Waals surface area contributed by atoms with E-state index in [1.165, 1.54) is 6.42 Å². The molecule has 4 nitrogen and oxygen atoms in total. The highest BCUT2D eigenvalue weighted by atomic mass is 16.2. The van der Waals surface area contributed by atoms with E-state index >= 15 is 0 Å². The van der Waals surface area contributed by atoms with Crippen LogP contribution in [0.2, 0.25) is 0 Å². The first-order chi connectivity index (χ1) is 9.10. The standard InChI is InChI=1S/C15H29N3O/c1-3-4-17-5-7-18(8-6-17)15(19)13-9-12(2)10-14(16)11-13/h12-14H,3-11,16H2,1-2H3. The topological polar surface area (TPSA) is 49.6 Å². The molecule has 1 amide bonds. The summed E-state index contributed by atoms with van der Waals surface area (Å²) in [4.78, 5) is 17.1. The van der Waals surface area contributed by atoms with Crippen LogP contribution in [0.4, 0.5) is 0 Å². The monoisotopic (exact) mass is 267 g/mol. The summed E-state index contributed by atoms with van der Waals surface area (Å²) in [7, 11) is 0. The third-order valence-electron chi connectivity index (χ3n) is 4.55. The Morgan fingerprint density at radius 1 is 1.16 bits per heavy atom. The van der Waals surface area contributed by atoms with Gasteiger partial charge < -0.3 is 10.6 Å². The van der Waals surface area contributed by atoms with Gasteiger partial charge in [-0.25, -0.2) is 0 Å². The van der Waals surface area contributed by atoms with E-state index in [2.05, 4.69) is 23.6 Å². The molecule has 0 aromatic rings. The molecule has 0 spiro atoms. The largest absolute Gasteiger partial charge is 0.340 e. The van der Waals surface area contributed by atoms with Crippen molar-refractivity contribution in [2.75, 3.05) is 32.7 Å². The molecule has 1 aliphatic heterocycles. The van der Waals surface area contributed by atoms with E-state index in [-0.39, 0.29) is 12.0 Å². The number of amides is 1. The average Bonchev–Trinajstić information content (AvgIpc) is 2.38. The van der Waals surface area contributed by atoms with Crippen LogP contribution in [0.1, 0.15) is 39.5 Å². The van der Waals surface area contributed by atoms with Gasteiger partial charge in [-0.05, 0) is 38.1 Å². The van der Waals surface area contributed by atoms with Gasteiger partial charge in [-0.3, -0.25) is 9.69 Å². The van der Waals surface area contributed by atoms with Crippen molar-refractivity contribution < 1.29 is 4.79 Å². The third kappa shape index (κ3) is 3.93. The molecule has 1 aliphatic carbocycles. The number of hydrogen-bond acceptors (Lipinski definition) is 3. The van der Waals surface area contributed by atoms with Gasteiger partial charge in [0.1, 0.15) is 0 Å². The Labute approximate surface area is 117 Å². The molecule has 1 saturated carbocycles. The fourth-order valence-corrected chi connectivity index (χ4v) is 3.62. The minimum Gasteiger partial charge on any atom is -0.340 e. The quantitative estimate of drug-likeness (QED) is 0.838. The third-order valence-corrected chi connectivity index (χ3v) is 4.55. The lowest BCUT2D eigenvalue weighted by Crippen LogP contribution is -2.51. The fourth-order valence-electron chi connectivity index (χ4n) is 3.62. The summed E-state index contributed by atoms with van der Waals surface area (Å²) in [6.07, 6.45) is 4.19. The predicted octanol–water partition coefficient (Wildman–Crippen LogP) is 1.30. The Kier molecular flexibility index (Phi) is 5.22. The second-order valence-electron chi connectivity index (χ2n) is 6.44. The predicted molar refractivity (Wildman–Crippen MR) is 77.8 cm³/mol. The summed E-state index contributed by atoms with van der Waals surface area (Å²) in [5.74, 6) is 1.13. The van der Waals surface area contributed by atoms with Gasteiger partial charge in [-0.1, -0.05) is 13.8 Å². The van der Waals surface area contributed by atoms with E-state index in [0.29, 0.717) is 11.8 Å². The minimum atomic E-state index is 0.177. The van der Waals surface area contributed by atoms with Gasteiger partial charge >= 0.3 is 0 Å². The van der Waals surface area contributed by atoms with E-state index in [0.717, 1.165) is 52.0 Å². The SMILES string of the molecule is CCCN1CCN(C(=O)C2CC(C)CC(N)C2)CC1. The summed E-state index contributed by atoms with van der Waals surface area (Å²) < 4.78 is 0. The highest BCUT2D eigenvalue weighted by molar-refractivity contribution is 5.79. The smallest absolute Gasteiger partial charge is 0.225 e. The van der Waals surface area contributed by atoms with Crippen molar-refractivity contribution in [3.05, 3.63) is 0 Å². The van der Waals surface area contributed by atoms with Gasteiger partial charge in [-0.15, -0.1) is 0 Å². The molecule has 2 fully saturated rings. The van der Waals surface area contributed by atoms with E-state index in [1.54, 1.807) is 0 Å². The number of hydrogen-bond donors (Lipinski definition) is 1. The van der Waals surface area contributed by atoms with E-state index < -0.39 is 0 Å². The van der Waals surface area contributed by atoms with Crippen LogP contribution < -0.4 is 5.73 Å². The van der Waals surface area contributed by atoms with Crippen molar-refractivity contribution in [3.8, 4) is 0 Å². The maximum absolute atomic E-state index is 12.6. The molecule has 110 valence electrons. The van der Waals surface area contributed by atoms with Crippen molar-refractivity contribution in [2.24, 2.45) is 17.6 Å². The van der Waals surface area contributed by atoms with E-state index in [9.17, 15) is 4.79 Å². The first-order valence-corrected chi connectivity index (χ1v) is 7.86. The molecule has 2 aliphatic rings. The Morgan fingerprint density at radius 3 is 2.42 bits per heavy atom. The van der Waals surface area contributed by atoms with Gasteiger partial charge in [0.15, 0.2) is 0 Å². The number of carbonyl (C=O) groups excluding carboxylic acids is 1. The second-order valence-corrected chi connectivity index (χ2v) is 6.44. The highest BCUT2D eigenvalue weighted by Gasteiger charge is 2.33. The number of nitrogens with two attached hydrogens (primary N) is 1. The zero-order valence-corrected chi connectivity index (χ0v) is 12.5. The second kappa shape index (κ2) is 6.71. The summed E-state index contributed by atoms with van der Waals surface area (Å²) >= 11 is 0. The summed E-state index contributed by atoms with van der Waals surface area (Å²) in [6.45, 7) is 9.47. The maximum atomic E-state index is 12.6. The normalized spacial score (nSPS) is 33.4. The molecule has 2 N–H and O–H groups in total. The summed E-state index contributed by atoms with van der Waals surface area (Å²) in [6, 6.07) is 0.221. The van der Waals surface area contributed by atoms with Crippen LogP contribution in [0.25, 0.3) is 0 Å². The number of nitrogens with zero attached hydrogens (tertiary/aromatic N) is 2. The van der Waals surface area contributed by atoms with E-state index in [1.807, 2.05) is 0 Å². The maximum Gasteiger partial charge on any atom is 0.225 e. The Bertz CT molecular complexity index is 290. The Hall–Kier alpha value is -0.610. The van der Waals surface area contributed by atoms with Crippen LogP contribution in [0.15, 0.2) is 0 Å². The van der Waals surface area contributed by atoms with Gasteiger partial charge in [0.05, 0.1) is 0 Å². The van der Waals surface area contributed by atoms with Crippen molar-refractivity contribution in [3.63, 3.8) is 0 Å². The van der Waals surface area contributed by atoms with E-state index in [4.69, 9.17) is 5.73 Å². The van der Waals surface area contributed by atoms with Crippen LogP contribution in [0.5, 0.6) is 0 Å². The van der Waals surface area contributed by atoms with Crippen molar-refractivity contribution in [1.29, 1.82) is 0 Å². The average molecular weight is 267 g/mol. The molecular weight excluding hydrogens is 238 g/mol. The zero-order valence-electron chi connectivity index (χ0n) is 12.5. The molecule has 3 atom stereocenters. The number of piperazine rings is 1. The molecule has 2 rings (SSSR count). The summed E-state index contributed by atoms with van der Waals surface area (Å²) in [5, 5.41) is 0. The van der Waals surface area contributed by atoms with Crippen LogP contribution in [-0.2, 0) is 4.79 Å². The summed E-state index contributed by atoms with van der Waals surface area (Å²) in [5.41, 5.74) is 6.07. The lowest BCUT2D eigenvalue weighted by Gasteiger charge is -2.38. The molecule has 4 heteroatoms. The van der Waals surface area contributed by atoms with Gasteiger partial charge in [0.2, 0.25) is 5.91 Å². The van der Waals surface area contributed by atoms with Gasteiger partial charge in [-0.2, -0.15) is 0 Å². The molecule has 0 bridgehead atoms. The lowest BCUT2D eigenvalue weighted by molar-refractivity contribution is -0.139. The van der Waals surface area contributed by atoms with Crippen molar-refractivity contribution >= 4 is 5.91 Å². The number of carbonyl (C=O) groups is 1. The molecule has 1 saturated heterocycles. The van der Waals surface area contributed by atoms with Crippen LogP contribution in [0.3, 0.4) is 0 Å².